The van der Waals surface area contributed by atoms with E-state index in [0.29, 0.717) is 12.2 Å². The molecular weight excluding hydrogens is 280 g/mol. The van der Waals surface area contributed by atoms with Gasteiger partial charge in [-0.25, -0.2) is 10.3 Å². The molecular formula is C17H26N2O3. The zero-order valence-corrected chi connectivity index (χ0v) is 13.5. The maximum atomic E-state index is 12.0. The fourth-order valence-corrected chi connectivity index (χ4v) is 2.45. The topological polar surface area (TPSA) is 50.8 Å². The Morgan fingerprint density at radius 1 is 1.27 bits per heavy atom. The number of rotatable bonds is 7. The average molecular weight is 306 g/mol. The number of nitrogens with zero attached hydrogens (tertiary/aromatic N) is 1. The van der Waals surface area contributed by atoms with E-state index in [-0.39, 0.29) is 12.2 Å². The first kappa shape index (κ1) is 16.9. The van der Waals surface area contributed by atoms with Crippen LogP contribution in [0.4, 0.5) is 0 Å². The van der Waals surface area contributed by atoms with Gasteiger partial charge in [-0.3, -0.25) is 9.69 Å². The Kier molecular flexibility index (Phi) is 6.83. The standard InChI is InChI=1S/C17H26N2O3/c1-3-19(4-2)13-14-8-10-15(11-9-14)17(20)18-22-16-7-5-6-12-21-16/h8-11,16H,3-7,12-13H2,1-2H3,(H,18,20). The third kappa shape index (κ3) is 5.09. The Hall–Kier alpha value is -1.43. The zero-order valence-electron chi connectivity index (χ0n) is 13.5. The van der Waals surface area contributed by atoms with Gasteiger partial charge in [-0.1, -0.05) is 26.0 Å². The van der Waals surface area contributed by atoms with Crippen molar-refractivity contribution >= 4 is 5.91 Å². The van der Waals surface area contributed by atoms with Crippen molar-refractivity contribution in [3.63, 3.8) is 0 Å². The molecule has 0 radical (unpaired) electrons. The first-order valence-corrected chi connectivity index (χ1v) is 8.11. The van der Waals surface area contributed by atoms with Crippen LogP contribution in [-0.2, 0) is 16.1 Å². The Balaban J connectivity index is 1.82. The van der Waals surface area contributed by atoms with Crippen molar-refractivity contribution in [2.45, 2.75) is 45.9 Å². The molecule has 1 fully saturated rings. The van der Waals surface area contributed by atoms with Crippen LogP contribution in [0.1, 0.15) is 49.0 Å². The summed E-state index contributed by atoms with van der Waals surface area (Å²) in [6.45, 7) is 7.94. The molecule has 5 heteroatoms. The lowest BCUT2D eigenvalue weighted by Crippen LogP contribution is -2.33. The van der Waals surface area contributed by atoms with Crippen molar-refractivity contribution < 1.29 is 14.4 Å². The summed E-state index contributed by atoms with van der Waals surface area (Å²) < 4.78 is 5.41. The minimum atomic E-state index is -0.320. The van der Waals surface area contributed by atoms with Gasteiger partial charge in [0.15, 0.2) is 6.29 Å². The number of carbonyl (C=O) groups is 1. The lowest BCUT2D eigenvalue weighted by Gasteiger charge is -2.22. The molecule has 1 aliphatic rings. The average Bonchev–Trinajstić information content (AvgIpc) is 2.59. The Morgan fingerprint density at radius 2 is 2.00 bits per heavy atom. The molecule has 0 bridgehead atoms. The van der Waals surface area contributed by atoms with Gasteiger partial charge in [0.05, 0.1) is 0 Å². The predicted octanol–water partition coefficient (Wildman–Crippen LogP) is 2.72. The highest BCUT2D eigenvalue weighted by Gasteiger charge is 2.16. The van der Waals surface area contributed by atoms with Gasteiger partial charge in [-0.15, -0.1) is 0 Å². The largest absolute Gasteiger partial charge is 0.350 e. The van der Waals surface area contributed by atoms with Gasteiger partial charge >= 0.3 is 0 Å². The van der Waals surface area contributed by atoms with Crippen LogP contribution in [0, 0.1) is 0 Å². The number of amides is 1. The van der Waals surface area contributed by atoms with Crippen molar-refractivity contribution in [1.29, 1.82) is 0 Å². The maximum absolute atomic E-state index is 12.0. The molecule has 1 amide bonds. The smallest absolute Gasteiger partial charge is 0.274 e. The molecule has 2 rings (SSSR count). The molecule has 1 atom stereocenters. The van der Waals surface area contributed by atoms with Gasteiger partial charge in [-0.05, 0) is 43.6 Å². The molecule has 1 aromatic carbocycles. The molecule has 22 heavy (non-hydrogen) atoms. The van der Waals surface area contributed by atoms with Crippen molar-refractivity contribution in [3.05, 3.63) is 35.4 Å². The zero-order chi connectivity index (χ0) is 15.8. The van der Waals surface area contributed by atoms with Crippen molar-refractivity contribution in [2.75, 3.05) is 19.7 Å². The number of hydrogen-bond donors (Lipinski definition) is 1. The maximum Gasteiger partial charge on any atom is 0.274 e. The summed E-state index contributed by atoms with van der Waals surface area (Å²) in [4.78, 5) is 19.7. The summed E-state index contributed by atoms with van der Waals surface area (Å²) in [6, 6.07) is 7.65. The molecule has 0 aliphatic carbocycles. The number of nitrogens with one attached hydrogen (secondary N) is 1. The number of hydroxylamine groups is 1. The quantitative estimate of drug-likeness (QED) is 0.787. The fourth-order valence-electron chi connectivity index (χ4n) is 2.45. The fraction of sp³-hybridized carbons (Fsp3) is 0.588. The van der Waals surface area contributed by atoms with Crippen molar-refractivity contribution in [3.8, 4) is 0 Å². The van der Waals surface area contributed by atoms with Gasteiger partial charge in [0, 0.05) is 25.1 Å². The summed E-state index contributed by atoms with van der Waals surface area (Å²) in [5.74, 6) is -0.233. The van der Waals surface area contributed by atoms with Crippen LogP contribution in [-0.4, -0.2) is 36.8 Å². The number of ether oxygens (including phenoxy) is 1. The molecule has 1 heterocycles. The summed E-state index contributed by atoms with van der Waals surface area (Å²) in [7, 11) is 0. The highest BCUT2D eigenvalue weighted by Crippen LogP contribution is 2.13. The van der Waals surface area contributed by atoms with Crippen LogP contribution in [0.5, 0.6) is 0 Å². The second-order valence-corrected chi connectivity index (χ2v) is 5.50. The molecule has 1 N–H and O–H groups in total. The van der Waals surface area contributed by atoms with E-state index in [2.05, 4.69) is 24.2 Å². The molecule has 122 valence electrons. The Bertz CT molecular complexity index is 451. The first-order chi connectivity index (χ1) is 10.7. The summed E-state index contributed by atoms with van der Waals surface area (Å²) in [5, 5.41) is 0. The molecule has 0 saturated carbocycles. The van der Waals surface area contributed by atoms with E-state index >= 15 is 0 Å². The van der Waals surface area contributed by atoms with Crippen LogP contribution in [0.25, 0.3) is 0 Å². The van der Waals surface area contributed by atoms with E-state index in [9.17, 15) is 4.79 Å². The van der Waals surface area contributed by atoms with Crippen LogP contribution in [0.2, 0.25) is 0 Å². The third-order valence-corrected chi connectivity index (χ3v) is 3.94. The number of carbonyl (C=O) groups excluding carboxylic acids is 1. The van der Waals surface area contributed by atoms with Gasteiger partial charge in [0.25, 0.3) is 5.91 Å². The lowest BCUT2D eigenvalue weighted by molar-refractivity contribution is -0.186. The summed E-state index contributed by atoms with van der Waals surface area (Å²) in [6.07, 6.45) is 2.63. The second kappa shape index (κ2) is 8.88. The Labute approximate surface area is 132 Å². The lowest BCUT2D eigenvalue weighted by atomic mass is 10.1. The normalized spacial score (nSPS) is 18.4. The van der Waals surface area contributed by atoms with E-state index in [0.717, 1.165) is 38.9 Å². The van der Waals surface area contributed by atoms with E-state index in [1.54, 1.807) is 0 Å². The summed E-state index contributed by atoms with van der Waals surface area (Å²) >= 11 is 0. The van der Waals surface area contributed by atoms with Crippen LogP contribution >= 0.6 is 0 Å². The highest BCUT2D eigenvalue weighted by atomic mass is 16.8. The monoisotopic (exact) mass is 306 g/mol. The van der Waals surface area contributed by atoms with E-state index in [1.165, 1.54) is 5.56 Å². The van der Waals surface area contributed by atoms with Crippen LogP contribution < -0.4 is 5.48 Å². The van der Waals surface area contributed by atoms with Gasteiger partial charge in [-0.2, -0.15) is 0 Å². The molecule has 5 nitrogen and oxygen atoms in total. The van der Waals surface area contributed by atoms with E-state index in [4.69, 9.17) is 9.57 Å². The van der Waals surface area contributed by atoms with Gasteiger partial charge < -0.3 is 4.74 Å². The SMILES string of the molecule is CCN(CC)Cc1ccc(C(=O)NOC2CCCCO2)cc1. The van der Waals surface area contributed by atoms with E-state index < -0.39 is 0 Å². The van der Waals surface area contributed by atoms with Gasteiger partial charge in [0.1, 0.15) is 0 Å². The minimum Gasteiger partial charge on any atom is -0.350 e. The summed E-state index contributed by atoms with van der Waals surface area (Å²) in [5.41, 5.74) is 4.28. The van der Waals surface area contributed by atoms with Crippen molar-refractivity contribution in [2.24, 2.45) is 0 Å². The molecule has 1 unspecified atom stereocenters. The molecule has 0 spiro atoms. The van der Waals surface area contributed by atoms with Crippen LogP contribution in [0.15, 0.2) is 24.3 Å². The van der Waals surface area contributed by atoms with Gasteiger partial charge in [0.2, 0.25) is 0 Å². The third-order valence-electron chi connectivity index (χ3n) is 3.94. The first-order valence-electron chi connectivity index (χ1n) is 8.11. The number of benzene rings is 1. The minimum absolute atomic E-state index is 0.233. The Morgan fingerprint density at radius 3 is 2.59 bits per heavy atom. The van der Waals surface area contributed by atoms with E-state index in [1.807, 2.05) is 24.3 Å². The molecule has 0 aromatic heterocycles. The molecule has 1 aliphatic heterocycles. The predicted molar refractivity (Wildman–Crippen MR) is 85.2 cm³/mol. The van der Waals surface area contributed by atoms with Crippen molar-refractivity contribution in [1.82, 2.24) is 10.4 Å². The molecule has 1 aromatic rings. The van der Waals surface area contributed by atoms with Crippen LogP contribution in [0.3, 0.4) is 0 Å². The highest BCUT2D eigenvalue weighted by molar-refractivity contribution is 5.93. The number of hydrogen-bond acceptors (Lipinski definition) is 4. The second-order valence-electron chi connectivity index (χ2n) is 5.50. The molecule has 1 saturated heterocycles.